The highest BCUT2D eigenvalue weighted by Gasteiger charge is 2.24. The highest BCUT2D eigenvalue weighted by Crippen LogP contribution is 2.25. The van der Waals surface area contributed by atoms with E-state index in [0.717, 1.165) is 11.3 Å². The molecule has 0 spiro atoms. The number of benzene rings is 1. The summed E-state index contributed by atoms with van der Waals surface area (Å²) in [4.78, 5) is 34.9. The van der Waals surface area contributed by atoms with Crippen molar-refractivity contribution in [3.63, 3.8) is 0 Å². The molecule has 1 amide bonds. The van der Waals surface area contributed by atoms with E-state index in [0.29, 0.717) is 49.2 Å². The van der Waals surface area contributed by atoms with Gasteiger partial charge in [-0.3, -0.25) is 14.0 Å². The normalized spacial score (nSPS) is 14.2. The number of carbonyl (C=O) groups is 1. The van der Waals surface area contributed by atoms with Crippen LogP contribution in [0.15, 0.2) is 53.0 Å². The van der Waals surface area contributed by atoms with E-state index in [9.17, 15) is 14.9 Å². The van der Waals surface area contributed by atoms with Crippen LogP contribution in [0.4, 0.5) is 11.5 Å². The van der Waals surface area contributed by atoms with Gasteiger partial charge in [0.15, 0.2) is 0 Å². The van der Waals surface area contributed by atoms with E-state index in [1.807, 2.05) is 48.2 Å². The molecule has 1 N–H and O–H groups in total. The van der Waals surface area contributed by atoms with Crippen molar-refractivity contribution in [3.8, 4) is 6.07 Å². The van der Waals surface area contributed by atoms with Crippen LogP contribution in [0.2, 0.25) is 5.02 Å². The Morgan fingerprint density at radius 3 is 2.62 bits per heavy atom. The van der Waals surface area contributed by atoms with Gasteiger partial charge in [0.2, 0.25) is 0 Å². The summed E-state index contributed by atoms with van der Waals surface area (Å²) in [7, 11) is 0. The molecule has 0 aliphatic carbocycles. The maximum absolute atomic E-state index is 13.5. The molecule has 1 aliphatic heterocycles. The average Bonchev–Trinajstić information content (AvgIpc) is 2.84. The Bertz CT molecular complexity index is 1370. The number of aryl methyl sites for hydroxylation is 1. The topological polar surface area (TPSA) is 93.7 Å². The second kappa shape index (κ2) is 9.98. The van der Waals surface area contributed by atoms with Gasteiger partial charge in [-0.25, -0.2) is 4.98 Å². The minimum Gasteiger partial charge on any atom is -0.368 e. The Kier molecular flexibility index (Phi) is 6.85. The van der Waals surface area contributed by atoms with Gasteiger partial charge in [-0.05, 0) is 49.8 Å². The summed E-state index contributed by atoms with van der Waals surface area (Å²) in [6.45, 7) is 6.69. The zero-order valence-corrected chi connectivity index (χ0v) is 19.8. The van der Waals surface area contributed by atoms with Gasteiger partial charge in [-0.15, -0.1) is 0 Å². The number of piperazine rings is 1. The van der Waals surface area contributed by atoms with Gasteiger partial charge in [0.1, 0.15) is 23.1 Å². The number of likely N-dealkylation sites (N-methyl/N-ethyl adjacent to an activating group) is 1. The Morgan fingerprint density at radius 2 is 1.94 bits per heavy atom. The molecule has 1 saturated heterocycles. The number of fused-ring (bicyclic) bond motifs is 1. The minimum atomic E-state index is -0.518. The van der Waals surface area contributed by atoms with Crippen LogP contribution < -0.4 is 20.7 Å². The number of nitrogens with zero attached hydrogens (tertiary/aromatic N) is 5. The van der Waals surface area contributed by atoms with Gasteiger partial charge in [0.25, 0.3) is 11.5 Å². The fourth-order valence-corrected chi connectivity index (χ4v) is 4.25. The van der Waals surface area contributed by atoms with Gasteiger partial charge in [0.05, 0.1) is 5.56 Å². The van der Waals surface area contributed by atoms with Crippen LogP contribution in [0.25, 0.3) is 11.7 Å². The van der Waals surface area contributed by atoms with Gasteiger partial charge in [-0.2, -0.15) is 5.26 Å². The van der Waals surface area contributed by atoms with E-state index in [4.69, 9.17) is 16.6 Å². The lowest BCUT2D eigenvalue weighted by Crippen LogP contribution is -2.47. The molecule has 34 heavy (non-hydrogen) atoms. The lowest BCUT2D eigenvalue weighted by atomic mass is 10.1. The lowest BCUT2D eigenvalue weighted by Gasteiger charge is -2.37. The van der Waals surface area contributed by atoms with Crippen LogP contribution >= 0.6 is 11.6 Å². The molecule has 3 aromatic rings. The van der Waals surface area contributed by atoms with Gasteiger partial charge in [0, 0.05) is 49.6 Å². The van der Waals surface area contributed by atoms with E-state index in [-0.39, 0.29) is 16.7 Å². The number of hydrogen-bond acceptors (Lipinski definition) is 6. The Labute approximate surface area is 202 Å². The fraction of sp³-hybridized carbons (Fsp3) is 0.280. The molecular formula is C25H25ClN6O2. The van der Waals surface area contributed by atoms with Gasteiger partial charge in [-0.1, -0.05) is 23.7 Å². The zero-order chi connectivity index (χ0) is 24.2. The average molecular weight is 477 g/mol. The van der Waals surface area contributed by atoms with Crippen molar-refractivity contribution in [1.29, 1.82) is 5.26 Å². The summed E-state index contributed by atoms with van der Waals surface area (Å²) < 4.78 is 1.46. The van der Waals surface area contributed by atoms with E-state index in [1.54, 1.807) is 19.2 Å². The Morgan fingerprint density at radius 1 is 1.21 bits per heavy atom. The number of aromatic nitrogens is 2. The number of nitrogens with one attached hydrogen (secondary N) is 1. The maximum Gasteiger partial charge on any atom is 0.267 e. The van der Waals surface area contributed by atoms with Gasteiger partial charge < -0.3 is 15.1 Å². The number of halogens is 1. The molecule has 1 aliphatic rings. The Balaban J connectivity index is 1.76. The number of rotatable bonds is 5. The molecule has 9 heteroatoms. The first-order valence-electron chi connectivity index (χ1n) is 11.1. The van der Waals surface area contributed by atoms with Crippen molar-refractivity contribution in [2.75, 3.05) is 42.5 Å². The third kappa shape index (κ3) is 4.61. The van der Waals surface area contributed by atoms with Crippen LogP contribution in [0, 0.1) is 18.3 Å². The summed E-state index contributed by atoms with van der Waals surface area (Å²) in [5.41, 5.74) is 2.22. The zero-order valence-electron chi connectivity index (χ0n) is 19.1. The molecule has 0 radical (unpaired) electrons. The maximum atomic E-state index is 13.5. The third-order valence-electron chi connectivity index (χ3n) is 5.81. The first-order valence-corrected chi connectivity index (χ1v) is 11.5. The largest absolute Gasteiger partial charge is 0.368 e. The summed E-state index contributed by atoms with van der Waals surface area (Å²) in [5, 5.41) is 12.9. The minimum absolute atomic E-state index is 0.132. The quantitative estimate of drug-likeness (QED) is 0.449. The summed E-state index contributed by atoms with van der Waals surface area (Å²) in [5.74, 6) is -0.0439. The molecule has 0 unspecified atom stereocenters. The summed E-state index contributed by atoms with van der Waals surface area (Å²) in [6, 6.07) is 13.3. The van der Waals surface area contributed by atoms with Crippen molar-refractivity contribution < 1.29 is 4.79 Å². The SMILES string of the molecule is CCNC(=O)C(C#N)=Cc1c(N2CCN(c3cccc(Cl)c3)CC2)nc2c(C)cccn2c1=O. The first kappa shape index (κ1) is 23.3. The number of carbonyl (C=O) groups excluding carboxylic acids is 1. The second-order valence-corrected chi connectivity index (χ2v) is 8.46. The molecular weight excluding hydrogens is 452 g/mol. The highest BCUT2D eigenvalue weighted by molar-refractivity contribution is 6.30. The number of amides is 1. The van der Waals surface area contributed by atoms with E-state index in [1.165, 1.54) is 10.5 Å². The van der Waals surface area contributed by atoms with Crippen molar-refractivity contribution in [3.05, 3.63) is 74.7 Å². The number of anilines is 2. The fourth-order valence-electron chi connectivity index (χ4n) is 4.07. The molecule has 1 fully saturated rings. The highest BCUT2D eigenvalue weighted by atomic mass is 35.5. The van der Waals surface area contributed by atoms with Crippen LogP contribution in [0.1, 0.15) is 18.1 Å². The molecule has 0 atom stereocenters. The molecule has 2 aromatic heterocycles. The van der Waals surface area contributed by atoms with Crippen LogP contribution in [0.5, 0.6) is 0 Å². The monoisotopic (exact) mass is 476 g/mol. The van der Waals surface area contributed by atoms with E-state index >= 15 is 0 Å². The Hall–Kier alpha value is -3.83. The van der Waals surface area contributed by atoms with E-state index < -0.39 is 5.91 Å². The molecule has 1 aromatic carbocycles. The molecule has 174 valence electrons. The third-order valence-corrected chi connectivity index (χ3v) is 6.04. The van der Waals surface area contributed by atoms with Crippen LogP contribution in [0.3, 0.4) is 0 Å². The predicted octanol–water partition coefficient (Wildman–Crippen LogP) is 3.03. The van der Waals surface area contributed by atoms with Crippen LogP contribution in [-0.2, 0) is 4.79 Å². The molecule has 8 nitrogen and oxygen atoms in total. The van der Waals surface area contributed by atoms with Crippen molar-refractivity contribution in [2.24, 2.45) is 0 Å². The number of hydrogen-bond donors (Lipinski definition) is 1. The summed E-state index contributed by atoms with van der Waals surface area (Å²) >= 11 is 6.16. The summed E-state index contributed by atoms with van der Waals surface area (Å²) in [6.07, 6.45) is 3.00. The lowest BCUT2D eigenvalue weighted by molar-refractivity contribution is -0.116. The molecule has 4 rings (SSSR count). The molecule has 3 heterocycles. The standard InChI is InChI=1S/C25H25ClN6O2/c1-3-28-24(33)18(16-27)14-21-23(29-22-17(2)6-5-9-32(22)25(21)34)31-12-10-30(11-13-31)20-8-4-7-19(26)15-20/h4-9,14-15H,3,10-13H2,1-2H3,(H,28,33). The smallest absolute Gasteiger partial charge is 0.267 e. The molecule has 0 saturated carbocycles. The van der Waals surface area contributed by atoms with Crippen molar-refractivity contribution >= 4 is 40.7 Å². The van der Waals surface area contributed by atoms with E-state index in [2.05, 4.69) is 10.2 Å². The van der Waals surface area contributed by atoms with Crippen molar-refractivity contribution in [1.82, 2.24) is 14.7 Å². The van der Waals surface area contributed by atoms with Gasteiger partial charge >= 0.3 is 0 Å². The van der Waals surface area contributed by atoms with Crippen molar-refractivity contribution in [2.45, 2.75) is 13.8 Å². The van der Waals surface area contributed by atoms with Crippen LogP contribution in [-0.4, -0.2) is 48.0 Å². The number of nitriles is 1. The number of pyridine rings is 1. The predicted molar refractivity (Wildman–Crippen MR) is 134 cm³/mol. The molecule has 0 bridgehead atoms. The second-order valence-electron chi connectivity index (χ2n) is 8.02. The first-order chi connectivity index (χ1) is 16.4.